The van der Waals surface area contributed by atoms with Crippen LogP contribution in [0.15, 0.2) is 73.2 Å². The number of nitrogens with zero attached hydrogens (tertiary/aromatic N) is 2. The minimum atomic E-state index is 0.0349. The first kappa shape index (κ1) is 13.6. The number of benzene rings is 1. The Morgan fingerprint density at radius 3 is 2.24 bits per heavy atom. The largest absolute Gasteiger partial charge is 0.319 e. The highest BCUT2D eigenvalue weighted by Gasteiger charge is 2.25. The highest BCUT2D eigenvalue weighted by atomic mass is 15.1. The maximum absolute atomic E-state index is 2.34. The summed E-state index contributed by atoms with van der Waals surface area (Å²) >= 11 is 0. The van der Waals surface area contributed by atoms with Crippen LogP contribution in [0.1, 0.15) is 20.8 Å². The first-order chi connectivity index (χ1) is 10.1. The van der Waals surface area contributed by atoms with E-state index in [-0.39, 0.29) is 5.54 Å². The summed E-state index contributed by atoms with van der Waals surface area (Å²) in [6.07, 6.45) is 14.6. The van der Waals surface area contributed by atoms with Gasteiger partial charge in [0, 0.05) is 44.6 Å². The van der Waals surface area contributed by atoms with Crippen LogP contribution in [-0.4, -0.2) is 0 Å². The van der Waals surface area contributed by atoms with Crippen molar-refractivity contribution in [3.63, 3.8) is 0 Å². The fourth-order valence-corrected chi connectivity index (χ4v) is 2.56. The Kier molecular flexibility index (Phi) is 3.38. The zero-order valence-corrected chi connectivity index (χ0v) is 12.8. The molecule has 2 aromatic rings. The molecule has 0 saturated carbocycles. The monoisotopic (exact) mass is 277 g/mol. The predicted molar refractivity (Wildman–Crippen MR) is 89.0 cm³/mol. The number of anilines is 1. The third kappa shape index (κ3) is 2.75. The van der Waals surface area contributed by atoms with Gasteiger partial charge < -0.3 is 4.90 Å². The van der Waals surface area contributed by atoms with Crippen LogP contribution in [0.2, 0.25) is 0 Å². The molecule has 0 saturated heterocycles. The molecule has 0 amide bonds. The van der Waals surface area contributed by atoms with Crippen LogP contribution in [0, 0.1) is 0 Å². The number of pyridine rings is 1. The smallest absolute Gasteiger partial charge is 0.213 e. The Hall–Kier alpha value is -2.35. The van der Waals surface area contributed by atoms with Gasteiger partial charge in [0.15, 0.2) is 11.7 Å². The summed E-state index contributed by atoms with van der Waals surface area (Å²) in [6.45, 7) is 6.70. The zero-order valence-electron chi connectivity index (χ0n) is 12.8. The van der Waals surface area contributed by atoms with E-state index in [1.165, 1.54) is 16.6 Å². The molecule has 3 rings (SSSR count). The Morgan fingerprint density at radius 1 is 0.905 bits per heavy atom. The molecule has 2 heteroatoms. The van der Waals surface area contributed by atoms with Crippen LogP contribution in [-0.2, 0) is 5.54 Å². The molecule has 0 fully saturated rings. The second kappa shape index (κ2) is 5.21. The molecule has 106 valence electrons. The van der Waals surface area contributed by atoms with Crippen molar-refractivity contribution in [3.05, 3.63) is 73.2 Å². The molecule has 1 aromatic carbocycles. The molecule has 0 unspecified atom stereocenters. The molecule has 1 aliphatic heterocycles. The van der Waals surface area contributed by atoms with Crippen molar-refractivity contribution in [2.24, 2.45) is 0 Å². The van der Waals surface area contributed by atoms with Gasteiger partial charge in [-0.1, -0.05) is 24.3 Å². The topological polar surface area (TPSA) is 7.12 Å². The molecule has 0 aliphatic carbocycles. The summed E-state index contributed by atoms with van der Waals surface area (Å²) in [4.78, 5) is 2.15. The molecule has 2 heterocycles. The van der Waals surface area contributed by atoms with Crippen LogP contribution in [0.4, 0.5) is 5.69 Å². The molecular formula is C19H21N2+. The van der Waals surface area contributed by atoms with Gasteiger partial charge in [0.1, 0.15) is 5.69 Å². The van der Waals surface area contributed by atoms with E-state index in [2.05, 4.69) is 91.3 Å². The summed E-state index contributed by atoms with van der Waals surface area (Å²) in [5.41, 5.74) is 2.46. The third-order valence-electron chi connectivity index (χ3n) is 3.61. The van der Waals surface area contributed by atoms with E-state index in [4.69, 9.17) is 0 Å². The molecule has 0 bridgehead atoms. The van der Waals surface area contributed by atoms with Crippen molar-refractivity contribution < 1.29 is 4.57 Å². The molecule has 2 nitrogen and oxygen atoms in total. The van der Waals surface area contributed by atoms with Crippen LogP contribution in [0.5, 0.6) is 0 Å². The summed E-state index contributed by atoms with van der Waals surface area (Å²) in [6, 6.07) is 10.8. The van der Waals surface area contributed by atoms with Crippen molar-refractivity contribution >= 4 is 16.6 Å². The minimum Gasteiger partial charge on any atom is -0.319 e. The number of hydrogen-bond acceptors (Lipinski definition) is 1. The standard InChI is InChI=1S/C19H21N2/c1-19(2,3)21-15-17(20-12-8-4-5-9-13-20)14-16-10-6-7-11-18(16)21/h4-15H,1-3H3/q+1. The summed E-state index contributed by atoms with van der Waals surface area (Å²) in [5, 5.41) is 1.25. The summed E-state index contributed by atoms with van der Waals surface area (Å²) in [5.74, 6) is 0. The number of para-hydroxylation sites is 1. The lowest BCUT2D eigenvalue weighted by Crippen LogP contribution is -2.50. The SMILES string of the molecule is CC(C)(C)[n+]1cc(N2C=CC=CC=C2)cc2ccccc21. The van der Waals surface area contributed by atoms with E-state index >= 15 is 0 Å². The lowest BCUT2D eigenvalue weighted by molar-refractivity contribution is -0.730. The quantitative estimate of drug-likeness (QED) is 0.705. The predicted octanol–water partition coefficient (Wildman–Crippen LogP) is 4.29. The van der Waals surface area contributed by atoms with Gasteiger partial charge in [-0.15, -0.1) is 0 Å². The van der Waals surface area contributed by atoms with Gasteiger partial charge in [-0.2, -0.15) is 4.57 Å². The molecule has 0 N–H and O–H groups in total. The van der Waals surface area contributed by atoms with Crippen LogP contribution < -0.4 is 9.47 Å². The van der Waals surface area contributed by atoms with Gasteiger partial charge in [-0.3, -0.25) is 0 Å². The van der Waals surface area contributed by atoms with Crippen LogP contribution >= 0.6 is 0 Å². The van der Waals surface area contributed by atoms with Gasteiger partial charge >= 0.3 is 0 Å². The molecule has 1 aromatic heterocycles. The van der Waals surface area contributed by atoms with E-state index < -0.39 is 0 Å². The number of rotatable bonds is 1. The molecule has 0 radical (unpaired) electrons. The Bertz CT molecular complexity index is 730. The summed E-state index contributed by atoms with van der Waals surface area (Å²) < 4.78 is 2.34. The zero-order chi connectivity index (χ0) is 14.9. The molecular weight excluding hydrogens is 256 g/mol. The van der Waals surface area contributed by atoms with Gasteiger partial charge in [0.2, 0.25) is 5.52 Å². The second-order valence-electron chi connectivity index (χ2n) is 6.27. The van der Waals surface area contributed by atoms with E-state index in [0.29, 0.717) is 0 Å². The average Bonchev–Trinajstić information content (AvgIpc) is 2.74. The fraction of sp³-hybridized carbons (Fsp3) is 0.211. The van der Waals surface area contributed by atoms with Crippen molar-refractivity contribution in [1.82, 2.24) is 0 Å². The number of allylic oxidation sites excluding steroid dienone is 4. The Balaban J connectivity index is 2.21. The molecule has 0 spiro atoms. The number of aromatic nitrogens is 1. The maximum Gasteiger partial charge on any atom is 0.213 e. The molecule has 21 heavy (non-hydrogen) atoms. The van der Waals surface area contributed by atoms with Crippen molar-refractivity contribution in [2.45, 2.75) is 26.3 Å². The van der Waals surface area contributed by atoms with Gasteiger partial charge in [-0.25, -0.2) is 0 Å². The third-order valence-corrected chi connectivity index (χ3v) is 3.61. The van der Waals surface area contributed by atoms with E-state index in [9.17, 15) is 0 Å². The Labute approximate surface area is 126 Å². The minimum absolute atomic E-state index is 0.0349. The van der Waals surface area contributed by atoms with Crippen molar-refractivity contribution in [2.75, 3.05) is 4.90 Å². The van der Waals surface area contributed by atoms with Crippen LogP contribution in [0.25, 0.3) is 10.9 Å². The van der Waals surface area contributed by atoms with Gasteiger partial charge in [0.05, 0.1) is 0 Å². The highest BCUT2D eigenvalue weighted by Crippen LogP contribution is 2.22. The fourth-order valence-electron chi connectivity index (χ4n) is 2.56. The number of fused-ring (bicyclic) bond motifs is 1. The van der Waals surface area contributed by atoms with E-state index in [1.807, 2.05) is 12.2 Å². The Morgan fingerprint density at radius 2 is 1.57 bits per heavy atom. The van der Waals surface area contributed by atoms with Crippen molar-refractivity contribution in [1.29, 1.82) is 0 Å². The lowest BCUT2D eigenvalue weighted by atomic mass is 10.1. The normalized spacial score (nSPS) is 14.7. The second-order valence-corrected chi connectivity index (χ2v) is 6.27. The molecule has 0 atom stereocenters. The molecule has 1 aliphatic rings. The maximum atomic E-state index is 2.34. The van der Waals surface area contributed by atoms with E-state index in [1.54, 1.807) is 0 Å². The van der Waals surface area contributed by atoms with Gasteiger partial charge in [0.25, 0.3) is 0 Å². The van der Waals surface area contributed by atoms with Crippen LogP contribution in [0.3, 0.4) is 0 Å². The average molecular weight is 277 g/mol. The van der Waals surface area contributed by atoms with E-state index in [0.717, 1.165) is 0 Å². The first-order valence-corrected chi connectivity index (χ1v) is 7.31. The van der Waals surface area contributed by atoms with Gasteiger partial charge in [-0.05, 0) is 24.3 Å². The van der Waals surface area contributed by atoms with Crippen molar-refractivity contribution in [3.8, 4) is 0 Å². The highest BCUT2D eigenvalue weighted by molar-refractivity contribution is 5.79. The first-order valence-electron chi connectivity index (χ1n) is 7.31. The summed E-state index contributed by atoms with van der Waals surface area (Å²) in [7, 11) is 0. The lowest BCUT2D eigenvalue weighted by Gasteiger charge is -2.19. The number of hydrogen-bond donors (Lipinski definition) is 0.